The molecule has 2 heterocycles. The van der Waals surface area contributed by atoms with Gasteiger partial charge in [-0.25, -0.2) is 4.39 Å². The highest BCUT2D eigenvalue weighted by molar-refractivity contribution is 5.93. The van der Waals surface area contributed by atoms with E-state index in [1.54, 1.807) is 30.2 Å². The fraction of sp³-hybridized carbons (Fsp3) is 0.238. The monoisotopic (exact) mass is 366 g/mol. The summed E-state index contributed by atoms with van der Waals surface area (Å²) >= 11 is 0. The van der Waals surface area contributed by atoms with Gasteiger partial charge >= 0.3 is 0 Å². The number of hydrogen-bond acceptors (Lipinski definition) is 4. The maximum Gasteiger partial charge on any atom is 0.292 e. The number of benzene rings is 2. The zero-order chi connectivity index (χ0) is 18.8. The smallest absolute Gasteiger partial charge is 0.292 e. The molecule has 5 nitrogen and oxygen atoms in total. The second-order valence-corrected chi connectivity index (χ2v) is 6.49. The molecule has 3 aromatic rings. The summed E-state index contributed by atoms with van der Waals surface area (Å²) in [5.74, 6) is 0.263. The largest absolute Gasteiger partial charge is 0.497 e. The Balaban J connectivity index is 1.57. The molecule has 2 aromatic carbocycles. The first-order valence-electron chi connectivity index (χ1n) is 8.84. The summed E-state index contributed by atoms with van der Waals surface area (Å²) in [6.45, 7) is 0.644. The Morgan fingerprint density at radius 1 is 1.22 bits per heavy atom. The minimum Gasteiger partial charge on any atom is -0.497 e. The van der Waals surface area contributed by atoms with Gasteiger partial charge in [-0.15, -0.1) is 0 Å². The van der Waals surface area contributed by atoms with E-state index in [2.05, 4.69) is 5.16 Å². The average molecular weight is 366 g/mol. The lowest BCUT2D eigenvalue weighted by Crippen LogP contribution is -2.30. The normalized spacial score (nSPS) is 16.5. The molecule has 27 heavy (non-hydrogen) atoms. The maximum atomic E-state index is 13.9. The van der Waals surface area contributed by atoms with Gasteiger partial charge in [-0.3, -0.25) is 4.79 Å². The van der Waals surface area contributed by atoms with Crippen molar-refractivity contribution in [3.63, 3.8) is 0 Å². The van der Waals surface area contributed by atoms with E-state index in [4.69, 9.17) is 9.26 Å². The van der Waals surface area contributed by atoms with E-state index in [1.807, 2.05) is 24.3 Å². The first kappa shape index (κ1) is 17.3. The molecule has 138 valence electrons. The summed E-state index contributed by atoms with van der Waals surface area (Å²) in [5, 5.41) is 3.88. The number of ether oxygens (including phenoxy) is 1. The van der Waals surface area contributed by atoms with Crippen LogP contribution < -0.4 is 4.74 Å². The molecule has 0 saturated carbocycles. The van der Waals surface area contributed by atoms with Crippen LogP contribution in [0.3, 0.4) is 0 Å². The number of methoxy groups -OCH3 is 1. The van der Waals surface area contributed by atoms with Crippen LogP contribution in [0, 0.1) is 5.82 Å². The Bertz CT molecular complexity index is 952. The number of nitrogens with zero attached hydrogens (tertiary/aromatic N) is 2. The molecule has 0 unspecified atom stereocenters. The van der Waals surface area contributed by atoms with Gasteiger partial charge in [-0.05, 0) is 42.7 Å². The van der Waals surface area contributed by atoms with Gasteiger partial charge in [0.25, 0.3) is 5.91 Å². The SMILES string of the molecule is COc1ccc([C@@H]2CCCN2C(=O)c2cc(-c3ccccc3F)no2)cc1. The van der Waals surface area contributed by atoms with Crippen molar-refractivity contribution >= 4 is 5.91 Å². The van der Waals surface area contributed by atoms with Crippen LogP contribution in [-0.4, -0.2) is 29.6 Å². The number of carbonyl (C=O) groups is 1. The number of carbonyl (C=O) groups excluding carboxylic acids is 1. The van der Waals surface area contributed by atoms with E-state index in [0.29, 0.717) is 17.8 Å². The van der Waals surface area contributed by atoms with Gasteiger partial charge in [-0.1, -0.05) is 29.4 Å². The summed E-state index contributed by atoms with van der Waals surface area (Å²) in [4.78, 5) is 14.7. The van der Waals surface area contributed by atoms with E-state index in [9.17, 15) is 9.18 Å². The predicted octanol–water partition coefficient (Wildman–Crippen LogP) is 4.47. The summed E-state index contributed by atoms with van der Waals surface area (Å²) < 4.78 is 24.4. The molecule has 6 heteroatoms. The molecule has 1 fully saturated rings. The number of amides is 1. The van der Waals surface area contributed by atoms with E-state index in [1.165, 1.54) is 12.1 Å². The molecule has 1 aliphatic rings. The van der Waals surface area contributed by atoms with Crippen molar-refractivity contribution < 1.29 is 18.4 Å². The van der Waals surface area contributed by atoms with E-state index < -0.39 is 5.82 Å². The summed E-state index contributed by atoms with van der Waals surface area (Å²) in [6, 6.07) is 15.5. The van der Waals surface area contributed by atoms with Crippen molar-refractivity contribution in [3.05, 3.63) is 71.7 Å². The molecule has 1 saturated heterocycles. The minimum atomic E-state index is -0.401. The Morgan fingerprint density at radius 3 is 2.74 bits per heavy atom. The number of likely N-dealkylation sites (tertiary alicyclic amines) is 1. The van der Waals surface area contributed by atoms with Gasteiger partial charge in [0.2, 0.25) is 5.76 Å². The lowest BCUT2D eigenvalue weighted by molar-refractivity contribution is 0.0693. The van der Waals surface area contributed by atoms with Gasteiger partial charge in [0.05, 0.1) is 13.2 Å². The van der Waals surface area contributed by atoms with Crippen molar-refractivity contribution in [3.8, 4) is 17.0 Å². The number of aromatic nitrogens is 1. The molecule has 1 aromatic heterocycles. The van der Waals surface area contributed by atoms with Gasteiger partial charge < -0.3 is 14.2 Å². The Labute approximate surface area is 156 Å². The highest BCUT2D eigenvalue weighted by Gasteiger charge is 2.32. The van der Waals surface area contributed by atoms with Crippen molar-refractivity contribution in [1.29, 1.82) is 0 Å². The fourth-order valence-corrected chi connectivity index (χ4v) is 3.50. The second kappa shape index (κ2) is 7.23. The third-order valence-electron chi connectivity index (χ3n) is 4.88. The zero-order valence-electron chi connectivity index (χ0n) is 14.9. The van der Waals surface area contributed by atoms with Gasteiger partial charge in [0.15, 0.2) is 0 Å². The molecule has 1 atom stereocenters. The van der Waals surface area contributed by atoms with E-state index in [-0.39, 0.29) is 17.7 Å². The van der Waals surface area contributed by atoms with Crippen LogP contribution in [0.15, 0.2) is 59.1 Å². The second-order valence-electron chi connectivity index (χ2n) is 6.49. The molecule has 0 radical (unpaired) electrons. The molecule has 0 aliphatic carbocycles. The van der Waals surface area contributed by atoms with Crippen molar-refractivity contribution in [2.75, 3.05) is 13.7 Å². The van der Waals surface area contributed by atoms with Crippen LogP contribution in [0.2, 0.25) is 0 Å². The highest BCUT2D eigenvalue weighted by Crippen LogP contribution is 2.34. The summed E-state index contributed by atoms with van der Waals surface area (Å²) in [5.41, 5.74) is 1.68. The third-order valence-corrected chi connectivity index (χ3v) is 4.88. The zero-order valence-corrected chi connectivity index (χ0v) is 14.9. The van der Waals surface area contributed by atoms with Crippen molar-refractivity contribution in [2.45, 2.75) is 18.9 Å². The first-order chi connectivity index (χ1) is 13.2. The summed E-state index contributed by atoms with van der Waals surface area (Å²) in [6.07, 6.45) is 1.79. The number of hydrogen-bond donors (Lipinski definition) is 0. The lowest BCUT2D eigenvalue weighted by Gasteiger charge is -2.24. The fourth-order valence-electron chi connectivity index (χ4n) is 3.50. The Hall–Kier alpha value is -3.15. The average Bonchev–Trinajstić information content (AvgIpc) is 3.38. The molecule has 0 spiro atoms. The highest BCUT2D eigenvalue weighted by atomic mass is 19.1. The van der Waals surface area contributed by atoms with Gasteiger partial charge in [0, 0.05) is 18.2 Å². The van der Waals surface area contributed by atoms with Crippen LogP contribution >= 0.6 is 0 Å². The third kappa shape index (κ3) is 3.30. The van der Waals surface area contributed by atoms with Crippen molar-refractivity contribution in [1.82, 2.24) is 10.1 Å². The van der Waals surface area contributed by atoms with Crippen LogP contribution in [0.4, 0.5) is 4.39 Å². The Morgan fingerprint density at radius 2 is 2.00 bits per heavy atom. The lowest BCUT2D eigenvalue weighted by atomic mass is 10.0. The minimum absolute atomic E-state index is 0.0228. The van der Waals surface area contributed by atoms with Crippen LogP contribution in [-0.2, 0) is 0 Å². The van der Waals surface area contributed by atoms with Gasteiger partial charge in [-0.2, -0.15) is 0 Å². The molecule has 1 amide bonds. The van der Waals surface area contributed by atoms with E-state index >= 15 is 0 Å². The topological polar surface area (TPSA) is 55.6 Å². The predicted molar refractivity (Wildman–Crippen MR) is 97.9 cm³/mol. The molecular formula is C21H19FN2O3. The molecule has 1 aliphatic heterocycles. The maximum absolute atomic E-state index is 13.9. The van der Waals surface area contributed by atoms with Gasteiger partial charge in [0.1, 0.15) is 17.3 Å². The first-order valence-corrected chi connectivity index (χ1v) is 8.84. The van der Waals surface area contributed by atoms with Crippen molar-refractivity contribution in [2.24, 2.45) is 0 Å². The summed E-state index contributed by atoms with van der Waals surface area (Å²) in [7, 11) is 1.62. The molecule has 4 rings (SSSR count). The quantitative estimate of drug-likeness (QED) is 0.684. The number of rotatable bonds is 4. The van der Waals surface area contributed by atoms with Crippen LogP contribution in [0.25, 0.3) is 11.3 Å². The molecular weight excluding hydrogens is 347 g/mol. The standard InChI is InChI=1S/C21H19FN2O3/c1-26-15-10-8-14(9-11-15)19-7-4-12-24(19)21(25)20-13-18(23-27-20)16-5-2-3-6-17(16)22/h2-3,5-6,8-11,13,19H,4,7,12H2,1H3/t19-/m0/s1. The number of halogens is 1. The molecule has 0 bridgehead atoms. The Kier molecular flexibility index (Phi) is 4.62. The van der Waals surface area contributed by atoms with Crippen LogP contribution in [0.5, 0.6) is 5.75 Å². The molecule has 0 N–H and O–H groups in total. The van der Waals surface area contributed by atoms with E-state index in [0.717, 1.165) is 24.2 Å². The van der Waals surface area contributed by atoms with Crippen LogP contribution in [0.1, 0.15) is 35.0 Å².